The highest BCUT2D eigenvalue weighted by Crippen LogP contribution is 2.41. The van der Waals surface area contributed by atoms with Crippen LogP contribution in [0.2, 0.25) is 0 Å². The summed E-state index contributed by atoms with van der Waals surface area (Å²) in [6.07, 6.45) is 0.877. The van der Waals surface area contributed by atoms with E-state index in [-0.39, 0.29) is 11.3 Å². The molecule has 0 saturated heterocycles. The quantitative estimate of drug-likeness (QED) is 0.669. The van der Waals surface area contributed by atoms with Gasteiger partial charge in [0.05, 0.1) is 12.9 Å². The van der Waals surface area contributed by atoms with Gasteiger partial charge in [-0.25, -0.2) is 0 Å². The zero-order valence-electron chi connectivity index (χ0n) is 10.3. The molecule has 2 aromatic rings. The molecule has 0 radical (unpaired) electrons. The van der Waals surface area contributed by atoms with Crippen molar-refractivity contribution in [2.24, 2.45) is 0 Å². The van der Waals surface area contributed by atoms with Crippen LogP contribution in [0.4, 0.5) is 0 Å². The monoisotopic (exact) mass is 433 g/mol. The molecule has 104 valence electrons. The first kappa shape index (κ1) is 14.6. The van der Waals surface area contributed by atoms with Gasteiger partial charge in [0.1, 0.15) is 0 Å². The summed E-state index contributed by atoms with van der Waals surface area (Å²) < 4.78 is 2.03. The number of amides is 1. The molecular formula is C14H10Br2ClNOS. The fourth-order valence-electron chi connectivity index (χ4n) is 2.29. The van der Waals surface area contributed by atoms with Gasteiger partial charge < -0.3 is 5.32 Å². The number of hydrogen-bond acceptors (Lipinski definition) is 2. The zero-order chi connectivity index (χ0) is 14.3. The van der Waals surface area contributed by atoms with Gasteiger partial charge in [0.15, 0.2) is 0 Å². The number of halogens is 3. The summed E-state index contributed by atoms with van der Waals surface area (Å²) >= 11 is 15.1. The fourth-order valence-corrected chi connectivity index (χ4v) is 5.70. The highest BCUT2D eigenvalue weighted by Gasteiger charge is 2.21. The van der Waals surface area contributed by atoms with Crippen LogP contribution in [-0.2, 0) is 6.42 Å². The molecule has 0 bridgehead atoms. The van der Waals surface area contributed by atoms with Crippen molar-refractivity contribution in [3.05, 3.63) is 54.1 Å². The van der Waals surface area contributed by atoms with Gasteiger partial charge in [-0.2, -0.15) is 0 Å². The summed E-state index contributed by atoms with van der Waals surface area (Å²) in [6.45, 7) is 0.707. The topological polar surface area (TPSA) is 29.1 Å². The van der Waals surface area contributed by atoms with Gasteiger partial charge in [0.2, 0.25) is 0 Å². The third kappa shape index (κ3) is 2.69. The number of carbonyl (C=O) groups excluding carboxylic acids is 1. The molecule has 1 unspecified atom stereocenters. The van der Waals surface area contributed by atoms with Gasteiger partial charge in [-0.1, -0.05) is 12.1 Å². The Balaban J connectivity index is 2.00. The maximum Gasteiger partial charge on any atom is 0.251 e. The van der Waals surface area contributed by atoms with Crippen molar-refractivity contribution < 1.29 is 4.79 Å². The summed E-state index contributed by atoms with van der Waals surface area (Å²) in [5.41, 5.74) is 3.78. The molecule has 1 aliphatic heterocycles. The molecule has 1 N–H and O–H groups in total. The van der Waals surface area contributed by atoms with Crippen LogP contribution in [0, 0.1) is 0 Å². The van der Waals surface area contributed by atoms with Gasteiger partial charge in [0.25, 0.3) is 5.91 Å². The Morgan fingerprint density at radius 1 is 1.30 bits per heavy atom. The van der Waals surface area contributed by atoms with Gasteiger partial charge in [-0.15, -0.1) is 22.9 Å². The van der Waals surface area contributed by atoms with Gasteiger partial charge in [-0.3, -0.25) is 4.79 Å². The molecule has 1 aromatic carbocycles. The summed E-state index contributed by atoms with van der Waals surface area (Å²) in [7, 11) is 0. The predicted molar refractivity (Wildman–Crippen MR) is 89.9 cm³/mol. The minimum absolute atomic E-state index is 0.0115. The van der Waals surface area contributed by atoms with Crippen molar-refractivity contribution in [2.45, 2.75) is 11.8 Å². The van der Waals surface area contributed by atoms with E-state index in [1.165, 1.54) is 0 Å². The van der Waals surface area contributed by atoms with E-state index in [1.807, 2.05) is 24.3 Å². The van der Waals surface area contributed by atoms with Gasteiger partial charge in [-0.05, 0) is 61.5 Å². The lowest BCUT2D eigenvalue weighted by atomic mass is 9.95. The number of thiophene rings is 1. The van der Waals surface area contributed by atoms with Crippen molar-refractivity contribution in [3.8, 4) is 0 Å². The number of alkyl halides is 1. The standard InChI is InChI=1S/C14H10Br2ClNOS/c15-11-6-10(13(16)20-11)12(17)8-2-1-7-3-4-18-14(19)9(7)5-8/h1-2,5-6,12H,3-4H2,(H,18,19). The lowest BCUT2D eigenvalue weighted by molar-refractivity contribution is 0.0946. The molecule has 6 heteroatoms. The smallest absolute Gasteiger partial charge is 0.251 e. The van der Waals surface area contributed by atoms with Crippen LogP contribution in [0.5, 0.6) is 0 Å². The second-order valence-electron chi connectivity index (χ2n) is 4.56. The fraction of sp³-hybridized carbons (Fsp3) is 0.214. The first-order chi connectivity index (χ1) is 9.56. The lowest BCUT2D eigenvalue weighted by Crippen LogP contribution is -2.31. The first-order valence-electron chi connectivity index (χ1n) is 6.06. The highest BCUT2D eigenvalue weighted by molar-refractivity contribution is 9.12. The Bertz CT molecular complexity index is 686. The number of benzene rings is 1. The Morgan fingerprint density at radius 3 is 2.80 bits per heavy atom. The molecule has 1 atom stereocenters. The maximum absolute atomic E-state index is 11.9. The molecule has 2 heterocycles. The molecule has 0 aliphatic carbocycles. The molecule has 0 saturated carbocycles. The van der Waals surface area contributed by atoms with Gasteiger partial charge in [0, 0.05) is 17.7 Å². The van der Waals surface area contributed by atoms with E-state index in [4.69, 9.17) is 11.6 Å². The van der Waals surface area contributed by atoms with Crippen LogP contribution in [0.1, 0.15) is 32.4 Å². The largest absolute Gasteiger partial charge is 0.352 e. The number of rotatable bonds is 2. The van der Waals surface area contributed by atoms with Crippen LogP contribution >= 0.6 is 54.8 Å². The minimum atomic E-state index is -0.271. The van der Waals surface area contributed by atoms with Crippen LogP contribution in [0.15, 0.2) is 31.8 Å². The number of hydrogen-bond donors (Lipinski definition) is 1. The van der Waals surface area contributed by atoms with E-state index in [2.05, 4.69) is 37.2 Å². The third-order valence-corrected chi connectivity index (χ3v) is 6.18. The van der Waals surface area contributed by atoms with E-state index in [0.717, 1.165) is 36.2 Å². The predicted octanol–water partition coefficient (Wildman–Crippen LogP) is 4.89. The molecule has 0 spiro atoms. The Labute approximate surface area is 142 Å². The number of fused-ring (bicyclic) bond motifs is 1. The van der Waals surface area contributed by atoms with Crippen molar-refractivity contribution in [3.63, 3.8) is 0 Å². The van der Waals surface area contributed by atoms with Crippen LogP contribution in [-0.4, -0.2) is 12.5 Å². The summed E-state index contributed by atoms with van der Waals surface area (Å²) in [4.78, 5) is 11.9. The van der Waals surface area contributed by atoms with Crippen molar-refractivity contribution >= 4 is 60.7 Å². The molecule has 0 fully saturated rings. The van der Waals surface area contributed by atoms with Gasteiger partial charge >= 0.3 is 0 Å². The molecule has 3 rings (SSSR count). The maximum atomic E-state index is 11.9. The average Bonchev–Trinajstić information content (AvgIpc) is 2.77. The average molecular weight is 436 g/mol. The van der Waals surface area contributed by atoms with Crippen LogP contribution < -0.4 is 5.32 Å². The van der Waals surface area contributed by atoms with Crippen LogP contribution in [0.3, 0.4) is 0 Å². The highest BCUT2D eigenvalue weighted by atomic mass is 79.9. The number of nitrogens with one attached hydrogen (secondary N) is 1. The van der Waals surface area contributed by atoms with Crippen molar-refractivity contribution in [1.82, 2.24) is 5.32 Å². The Kier molecular flexibility index (Phi) is 4.22. The van der Waals surface area contributed by atoms with Crippen molar-refractivity contribution in [2.75, 3.05) is 6.54 Å². The van der Waals surface area contributed by atoms with Crippen molar-refractivity contribution in [1.29, 1.82) is 0 Å². The molecule has 2 nitrogen and oxygen atoms in total. The van der Waals surface area contributed by atoms with E-state index < -0.39 is 0 Å². The first-order valence-corrected chi connectivity index (χ1v) is 8.90. The Morgan fingerprint density at radius 2 is 2.10 bits per heavy atom. The SMILES string of the molecule is O=C1NCCc2ccc(C(Cl)c3cc(Br)sc3Br)cc21. The Hall–Kier alpha value is -0.360. The van der Waals surface area contributed by atoms with E-state index in [1.54, 1.807) is 11.3 Å². The second kappa shape index (κ2) is 5.79. The lowest BCUT2D eigenvalue weighted by Gasteiger charge is -2.18. The third-order valence-electron chi connectivity index (χ3n) is 3.31. The summed E-state index contributed by atoms with van der Waals surface area (Å²) in [6, 6.07) is 7.92. The van der Waals surface area contributed by atoms with E-state index in [0.29, 0.717) is 6.54 Å². The molecule has 20 heavy (non-hydrogen) atoms. The summed E-state index contributed by atoms with van der Waals surface area (Å²) in [5.74, 6) is -0.0115. The molecule has 1 amide bonds. The second-order valence-corrected chi connectivity index (χ2v) is 8.75. The summed E-state index contributed by atoms with van der Waals surface area (Å²) in [5, 5.41) is 2.59. The van der Waals surface area contributed by atoms with Crippen LogP contribution in [0.25, 0.3) is 0 Å². The molecule has 1 aromatic heterocycles. The minimum Gasteiger partial charge on any atom is -0.352 e. The van der Waals surface area contributed by atoms with E-state index in [9.17, 15) is 4.79 Å². The normalized spacial score (nSPS) is 15.7. The van der Waals surface area contributed by atoms with E-state index >= 15 is 0 Å². The zero-order valence-corrected chi connectivity index (χ0v) is 15.0. The molecule has 1 aliphatic rings. The number of carbonyl (C=O) groups is 1. The molecular weight excluding hydrogens is 425 g/mol.